The highest BCUT2D eigenvalue weighted by molar-refractivity contribution is 5.99. The monoisotopic (exact) mass is 367 g/mol. The number of nitrogens with one attached hydrogen (secondary N) is 1. The average Bonchev–Trinajstić information content (AvgIpc) is 2.70. The predicted molar refractivity (Wildman–Crippen MR) is 104 cm³/mol. The van der Waals surface area contributed by atoms with Crippen LogP contribution in [-0.4, -0.2) is 30.3 Å². The van der Waals surface area contributed by atoms with Gasteiger partial charge in [0.15, 0.2) is 12.4 Å². The molecule has 0 saturated heterocycles. The van der Waals surface area contributed by atoms with Gasteiger partial charge in [-0.25, -0.2) is 4.79 Å². The van der Waals surface area contributed by atoms with E-state index in [0.29, 0.717) is 11.1 Å². The van der Waals surface area contributed by atoms with Gasteiger partial charge in [-0.3, -0.25) is 9.59 Å². The quantitative estimate of drug-likeness (QED) is 0.573. The lowest BCUT2D eigenvalue weighted by Gasteiger charge is -2.20. The van der Waals surface area contributed by atoms with E-state index in [-0.39, 0.29) is 24.2 Å². The van der Waals surface area contributed by atoms with Crippen LogP contribution >= 0.6 is 0 Å². The van der Waals surface area contributed by atoms with Crippen molar-refractivity contribution in [1.29, 1.82) is 0 Å². The summed E-state index contributed by atoms with van der Waals surface area (Å²) in [6, 6.07) is 15.0. The van der Waals surface area contributed by atoms with E-state index in [1.165, 1.54) is 0 Å². The highest BCUT2D eigenvalue weighted by atomic mass is 16.5. The molecular formula is C22H25NO4. The molecule has 0 spiro atoms. The fourth-order valence-electron chi connectivity index (χ4n) is 2.55. The van der Waals surface area contributed by atoms with Crippen LogP contribution in [0.15, 0.2) is 54.6 Å². The van der Waals surface area contributed by atoms with Gasteiger partial charge in [0.2, 0.25) is 0 Å². The second-order valence-electron chi connectivity index (χ2n) is 6.64. The van der Waals surface area contributed by atoms with Crippen LogP contribution in [0.5, 0.6) is 0 Å². The van der Waals surface area contributed by atoms with Crippen molar-refractivity contribution in [3.05, 3.63) is 71.3 Å². The van der Waals surface area contributed by atoms with Crippen LogP contribution in [0.4, 0.5) is 0 Å². The van der Waals surface area contributed by atoms with Gasteiger partial charge < -0.3 is 10.1 Å². The third-order valence-corrected chi connectivity index (χ3v) is 4.27. The molecule has 0 aliphatic carbocycles. The SMILES string of the molecule is CCc1ccc(C(=O)COC(=O)[C@@H](NC(=O)c2ccccc2)C(C)C)cc1. The summed E-state index contributed by atoms with van der Waals surface area (Å²) < 4.78 is 5.17. The van der Waals surface area contributed by atoms with Gasteiger partial charge in [0, 0.05) is 11.1 Å². The number of hydrogen-bond acceptors (Lipinski definition) is 4. The lowest BCUT2D eigenvalue weighted by atomic mass is 10.0. The first kappa shape index (κ1) is 20.4. The fraction of sp³-hybridized carbons (Fsp3) is 0.318. The second kappa shape index (κ2) is 9.67. The third-order valence-electron chi connectivity index (χ3n) is 4.27. The summed E-state index contributed by atoms with van der Waals surface area (Å²) >= 11 is 0. The third kappa shape index (κ3) is 5.78. The number of esters is 1. The van der Waals surface area contributed by atoms with Gasteiger partial charge in [-0.2, -0.15) is 0 Å². The molecule has 0 fully saturated rings. The summed E-state index contributed by atoms with van der Waals surface area (Å²) in [6.07, 6.45) is 0.890. The van der Waals surface area contributed by atoms with E-state index in [1.54, 1.807) is 36.4 Å². The van der Waals surface area contributed by atoms with Crippen molar-refractivity contribution in [2.75, 3.05) is 6.61 Å². The van der Waals surface area contributed by atoms with E-state index >= 15 is 0 Å². The van der Waals surface area contributed by atoms with Crippen LogP contribution < -0.4 is 5.32 Å². The molecule has 5 nitrogen and oxygen atoms in total. The zero-order chi connectivity index (χ0) is 19.8. The maximum atomic E-state index is 12.4. The first-order chi connectivity index (χ1) is 12.9. The largest absolute Gasteiger partial charge is 0.456 e. The fourth-order valence-corrected chi connectivity index (χ4v) is 2.55. The Labute approximate surface area is 159 Å². The average molecular weight is 367 g/mol. The molecule has 0 aliphatic heterocycles. The zero-order valence-corrected chi connectivity index (χ0v) is 15.9. The summed E-state index contributed by atoms with van der Waals surface area (Å²) in [4.78, 5) is 36.9. The van der Waals surface area contributed by atoms with Gasteiger partial charge in [0.1, 0.15) is 6.04 Å². The van der Waals surface area contributed by atoms with Crippen molar-refractivity contribution >= 4 is 17.7 Å². The number of ether oxygens (including phenoxy) is 1. The van der Waals surface area contributed by atoms with Crippen molar-refractivity contribution in [1.82, 2.24) is 5.32 Å². The number of ketones is 1. The summed E-state index contributed by atoms with van der Waals surface area (Å²) in [5.41, 5.74) is 2.09. The molecule has 1 N–H and O–H groups in total. The summed E-state index contributed by atoms with van der Waals surface area (Å²) in [7, 11) is 0. The predicted octanol–water partition coefficient (Wildman–Crippen LogP) is 3.43. The van der Waals surface area contributed by atoms with Gasteiger partial charge in [0.05, 0.1) is 0 Å². The molecule has 1 atom stereocenters. The number of amides is 1. The highest BCUT2D eigenvalue weighted by Crippen LogP contribution is 2.09. The molecular weight excluding hydrogens is 342 g/mol. The van der Waals surface area contributed by atoms with Gasteiger partial charge in [-0.15, -0.1) is 0 Å². The number of carbonyl (C=O) groups is 3. The number of carbonyl (C=O) groups excluding carboxylic acids is 3. The van der Waals surface area contributed by atoms with Crippen LogP contribution in [0.3, 0.4) is 0 Å². The molecule has 1 amide bonds. The van der Waals surface area contributed by atoms with Crippen molar-refractivity contribution in [3.8, 4) is 0 Å². The van der Waals surface area contributed by atoms with Gasteiger partial charge in [-0.05, 0) is 30.0 Å². The van der Waals surface area contributed by atoms with E-state index < -0.39 is 12.0 Å². The van der Waals surface area contributed by atoms with E-state index in [4.69, 9.17) is 4.74 Å². The van der Waals surface area contributed by atoms with Crippen LogP contribution in [0.1, 0.15) is 47.1 Å². The maximum Gasteiger partial charge on any atom is 0.329 e. The lowest BCUT2D eigenvalue weighted by Crippen LogP contribution is -2.45. The minimum atomic E-state index is -0.826. The Morgan fingerprint density at radius 2 is 1.56 bits per heavy atom. The zero-order valence-electron chi connectivity index (χ0n) is 15.9. The standard InChI is InChI=1S/C22H25NO4/c1-4-16-10-12-17(13-11-16)19(24)14-27-22(26)20(15(2)3)23-21(25)18-8-6-5-7-9-18/h5-13,15,20H,4,14H2,1-3H3,(H,23,25)/t20-/m0/s1. The minimum Gasteiger partial charge on any atom is -0.456 e. The van der Waals surface area contributed by atoms with Crippen molar-refractivity contribution in [2.45, 2.75) is 33.2 Å². The normalized spacial score (nSPS) is 11.7. The number of benzene rings is 2. The Morgan fingerprint density at radius 3 is 2.11 bits per heavy atom. The van der Waals surface area contributed by atoms with Crippen molar-refractivity contribution in [3.63, 3.8) is 0 Å². The van der Waals surface area contributed by atoms with Crippen LogP contribution in [-0.2, 0) is 16.0 Å². The molecule has 0 aromatic heterocycles. The van der Waals surface area contributed by atoms with Crippen LogP contribution in [0.2, 0.25) is 0 Å². The molecule has 5 heteroatoms. The molecule has 2 aromatic carbocycles. The highest BCUT2D eigenvalue weighted by Gasteiger charge is 2.26. The molecule has 27 heavy (non-hydrogen) atoms. The van der Waals surface area contributed by atoms with Gasteiger partial charge in [0.25, 0.3) is 5.91 Å². The van der Waals surface area contributed by atoms with Crippen molar-refractivity contribution < 1.29 is 19.1 Å². The maximum absolute atomic E-state index is 12.4. The molecule has 0 saturated carbocycles. The Morgan fingerprint density at radius 1 is 0.926 bits per heavy atom. The minimum absolute atomic E-state index is 0.177. The first-order valence-electron chi connectivity index (χ1n) is 9.07. The number of rotatable bonds is 8. The van der Waals surface area contributed by atoms with Crippen LogP contribution in [0, 0.1) is 5.92 Å². The summed E-state index contributed by atoms with van der Waals surface area (Å²) in [6.45, 7) is 5.30. The first-order valence-corrected chi connectivity index (χ1v) is 9.07. The van der Waals surface area contributed by atoms with E-state index in [0.717, 1.165) is 12.0 Å². The Bertz CT molecular complexity index is 782. The summed E-state index contributed by atoms with van der Waals surface area (Å²) in [5, 5.41) is 2.69. The molecule has 2 aromatic rings. The molecule has 0 bridgehead atoms. The summed E-state index contributed by atoms with van der Waals surface area (Å²) in [5.74, 6) is -1.42. The second-order valence-corrected chi connectivity index (χ2v) is 6.64. The van der Waals surface area contributed by atoms with E-state index in [1.807, 2.05) is 39.0 Å². The molecule has 0 aliphatic rings. The van der Waals surface area contributed by atoms with Crippen molar-refractivity contribution in [2.24, 2.45) is 5.92 Å². The number of hydrogen-bond donors (Lipinski definition) is 1. The molecule has 0 heterocycles. The number of Topliss-reactive ketones (excluding diaryl/α,β-unsaturated/α-hetero) is 1. The van der Waals surface area contributed by atoms with Gasteiger partial charge >= 0.3 is 5.97 Å². The number of aryl methyl sites for hydroxylation is 1. The Balaban J connectivity index is 1.96. The topological polar surface area (TPSA) is 72.5 Å². The molecule has 142 valence electrons. The molecule has 0 unspecified atom stereocenters. The van der Waals surface area contributed by atoms with Gasteiger partial charge in [-0.1, -0.05) is 63.2 Å². The van der Waals surface area contributed by atoms with E-state index in [2.05, 4.69) is 5.32 Å². The Hall–Kier alpha value is -2.95. The van der Waals surface area contributed by atoms with E-state index in [9.17, 15) is 14.4 Å². The Kier molecular flexibility index (Phi) is 7.29. The molecule has 2 rings (SSSR count). The molecule has 0 radical (unpaired) electrons. The smallest absolute Gasteiger partial charge is 0.329 e. The van der Waals surface area contributed by atoms with Crippen LogP contribution in [0.25, 0.3) is 0 Å². The lowest BCUT2D eigenvalue weighted by molar-refractivity contribution is -0.145.